The highest BCUT2D eigenvalue weighted by atomic mass is 127. The van der Waals surface area contributed by atoms with Crippen LogP contribution in [0.25, 0.3) is 0 Å². The fourth-order valence-electron chi connectivity index (χ4n) is 1.61. The summed E-state index contributed by atoms with van der Waals surface area (Å²) in [5, 5.41) is 0. The van der Waals surface area contributed by atoms with Crippen molar-refractivity contribution in [2.75, 3.05) is 41.3 Å². The number of hydrogen-bond donors (Lipinski definition) is 1. The highest BCUT2D eigenvalue weighted by Crippen LogP contribution is 2.04. The van der Waals surface area contributed by atoms with Gasteiger partial charge in [0.1, 0.15) is 4.90 Å². The van der Waals surface area contributed by atoms with E-state index in [1.54, 1.807) is 6.07 Å². The van der Waals surface area contributed by atoms with Gasteiger partial charge in [0.2, 0.25) is 10.0 Å². The molecule has 120 valence electrons. The maximum atomic E-state index is 11.9. The van der Waals surface area contributed by atoms with Gasteiger partial charge in [0, 0.05) is 47.1 Å². The summed E-state index contributed by atoms with van der Waals surface area (Å²) in [6, 6.07) is 3.09. The van der Waals surface area contributed by atoms with E-state index in [1.165, 1.54) is 18.5 Å². The molecule has 0 amide bonds. The van der Waals surface area contributed by atoms with Crippen LogP contribution in [0.1, 0.15) is 0 Å². The van der Waals surface area contributed by atoms with Crippen molar-refractivity contribution >= 4 is 40.0 Å². The quantitative estimate of drug-likeness (QED) is 0.320. The van der Waals surface area contributed by atoms with Crippen molar-refractivity contribution in [3.05, 3.63) is 24.5 Å². The zero-order chi connectivity index (χ0) is 15.2. The SMILES string of the molecule is CN(C)C(=NCCNS(=O)(=O)c1cccnc1)N(C)C.I. The molecule has 1 N–H and O–H groups in total. The fourth-order valence-corrected chi connectivity index (χ4v) is 2.59. The van der Waals surface area contributed by atoms with Crippen molar-refractivity contribution in [2.24, 2.45) is 4.99 Å². The number of guanidine groups is 1. The summed E-state index contributed by atoms with van der Waals surface area (Å²) in [4.78, 5) is 12.0. The van der Waals surface area contributed by atoms with Gasteiger partial charge < -0.3 is 9.80 Å². The Morgan fingerprint density at radius 1 is 1.29 bits per heavy atom. The monoisotopic (exact) mass is 427 g/mol. The van der Waals surface area contributed by atoms with Crippen molar-refractivity contribution in [3.8, 4) is 0 Å². The van der Waals surface area contributed by atoms with Crippen molar-refractivity contribution < 1.29 is 8.42 Å². The Hall–Kier alpha value is -0.940. The molecule has 0 fully saturated rings. The Kier molecular flexibility index (Phi) is 8.74. The Morgan fingerprint density at radius 2 is 1.90 bits per heavy atom. The van der Waals surface area contributed by atoms with Crippen LogP contribution in [0.5, 0.6) is 0 Å². The predicted octanol–water partition coefficient (Wildman–Crippen LogP) is 0.457. The topological polar surface area (TPSA) is 77.9 Å². The molecule has 9 heteroatoms. The van der Waals surface area contributed by atoms with Gasteiger partial charge >= 0.3 is 0 Å². The van der Waals surface area contributed by atoms with E-state index in [0.29, 0.717) is 6.54 Å². The van der Waals surface area contributed by atoms with Crippen LogP contribution >= 0.6 is 24.0 Å². The largest absolute Gasteiger partial charge is 0.349 e. The molecule has 0 radical (unpaired) electrons. The second-order valence-electron chi connectivity index (χ2n) is 4.56. The third kappa shape index (κ3) is 6.57. The van der Waals surface area contributed by atoms with Crippen molar-refractivity contribution in [3.63, 3.8) is 0 Å². The normalized spacial score (nSPS) is 10.5. The fraction of sp³-hybridized carbons (Fsp3) is 0.500. The van der Waals surface area contributed by atoms with Gasteiger partial charge in [0.25, 0.3) is 0 Å². The predicted molar refractivity (Wildman–Crippen MR) is 94.5 cm³/mol. The lowest BCUT2D eigenvalue weighted by molar-refractivity contribution is 0.479. The Balaban J connectivity index is 0.00000400. The Labute approximate surface area is 143 Å². The van der Waals surface area contributed by atoms with Gasteiger partial charge in [-0.25, -0.2) is 13.1 Å². The number of rotatable bonds is 5. The lowest BCUT2D eigenvalue weighted by atomic mass is 10.5. The van der Waals surface area contributed by atoms with Crippen molar-refractivity contribution in [1.29, 1.82) is 0 Å². The molecule has 1 aromatic rings. The van der Waals surface area contributed by atoms with Crippen LogP contribution in [0, 0.1) is 0 Å². The molecule has 0 aliphatic carbocycles. The highest BCUT2D eigenvalue weighted by molar-refractivity contribution is 14.0. The number of sulfonamides is 1. The molecule has 0 saturated heterocycles. The third-order valence-electron chi connectivity index (χ3n) is 2.40. The molecule has 0 saturated carbocycles. The molecular formula is C12H22IN5O2S. The summed E-state index contributed by atoms with van der Waals surface area (Å²) in [7, 11) is 4.04. The van der Waals surface area contributed by atoms with Gasteiger partial charge in [-0.05, 0) is 12.1 Å². The van der Waals surface area contributed by atoms with E-state index in [0.717, 1.165) is 5.96 Å². The summed E-state index contributed by atoms with van der Waals surface area (Å²) >= 11 is 0. The molecular weight excluding hydrogens is 405 g/mol. The lowest BCUT2D eigenvalue weighted by Gasteiger charge is -2.22. The first-order valence-electron chi connectivity index (χ1n) is 6.13. The summed E-state index contributed by atoms with van der Waals surface area (Å²) in [6.45, 7) is 0.605. The maximum Gasteiger partial charge on any atom is 0.242 e. The maximum absolute atomic E-state index is 11.9. The van der Waals surface area contributed by atoms with E-state index in [9.17, 15) is 8.42 Å². The number of nitrogens with zero attached hydrogens (tertiary/aromatic N) is 4. The highest BCUT2D eigenvalue weighted by Gasteiger charge is 2.12. The zero-order valence-electron chi connectivity index (χ0n) is 12.6. The molecule has 0 aliphatic rings. The van der Waals surface area contributed by atoms with E-state index in [1.807, 2.05) is 38.0 Å². The minimum atomic E-state index is -3.51. The smallest absolute Gasteiger partial charge is 0.242 e. The molecule has 0 aromatic carbocycles. The van der Waals surface area contributed by atoms with Crippen LogP contribution < -0.4 is 4.72 Å². The van der Waals surface area contributed by atoms with Gasteiger partial charge in [-0.1, -0.05) is 0 Å². The first kappa shape index (κ1) is 20.1. The number of hydrogen-bond acceptors (Lipinski definition) is 4. The van der Waals surface area contributed by atoms with Gasteiger partial charge in [-0.3, -0.25) is 9.98 Å². The standard InChI is InChI=1S/C12H21N5O2S.HI/c1-16(2)12(17(3)4)14-8-9-15-20(18,19)11-6-5-7-13-10-11;/h5-7,10,15H,8-9H2,1-4H3;1H. The summed E-state index contributed by atoms with van der Waals surface area (Å²) < 4.78 is 26.3. The number of halogens is 1. The summed E-state index contributed by atoms with van der Waals surface area (Å²) in [6.07, 6.45) is 2.85. The minimum absolute atomic E-state index is 0. The minimum Gasteiger partial charge on any atom is -0.349 e. The molecule has 0 aliphatic heterocycles. The molecule has 1 aromatic heterocycles. The molecule has 1 heterocycles. The molecule has 7 nitrogen and oxygen atoms in total. The molecule has 1 rings (SSSR count). The summed E-state index contributed by atoms with van der Waals surface area (Å²) in [5.74, 6) is 0.783. The summed E-state index contributed by atoms with van der Waals surface area (Å²) in [5.41, 5.74) is 0. The average Bonchev–Trinajstić information content (AvgIpc) is 2.38. The number of pyridine rings is 1. The van der Waals surface area contributed by atoms with Gasteiger partial charge in [-0.15, -0.1) is 24.0 Å². The van der Waals surface area contributed by atoms with Crippen molar-refractivity contribution in [1.82, 2.24) is 19.5 Å². The Bertz CT molecular complexity index is 536. The van der Waals surface area contributed by atoms with Crippen LogP contribution in [0.4, 0.5) is 0 Å². The number of aromatic nitrogens is 1. The van der Waals surface area contributed by atoms with Gasteiger partial charge in [0.05, 0.1) is 6.54 Å². The van der Waals surface area contributed by atoms with Crippen LogP contribution in [0.2, 0.25) is 0 Å². The van der Waals surface area contributed by atoms with Crippen LogP contribution in [0.3, 0.4) is 0 Å². The number of aliphatic imine (C=N–C) groups is 1. The molecule has 21 heavy (non-hydrogen) atoms. The third-order valence-corrected chi connectivity index (χ3v) is 3.85. The number of nitrogens with one attached hydrogen (secondary N) is 1. The molecule has 0 bridgehead atoms. The average molecular weight is 427 g/mol. The van der Waals surface area contributed by atoms with Crippen LogP contribution in [0.15, 0.2) is 34.4 Å². The Morgan fingerprint density at radius 3 is 2.38 bits per heavy atom. The lowest BCUT2D eigenvalue weighted by Crippen LogP contribution is -2.36. The van der Waals surface area contributed by atoms with E-state index in [-0.39, 0.29) is 35.4 Å². The molecule has 0 atom stereocenters. The molecule has 0 spiro atoms. The first-order valence-corrected chi connectivity index (χ1v) is 7.61. The molecule has 0 unspecified atom stereocenters. The van der Waals surface area contributed by atoms with Crippen LogP contribution in [-0.4, -0.2) is 70.4 Å². The van der Waals surface area contributed by atoms with Gasteiger partial charge in [0.15, 0.2) is 5.96 Å². The second kappa shape index (κ2) is 9.15. The second-order valence-corrected chi connectivity index (χ2v) is 6.32. The zero-order valence-corrected chi connectivity index (χ0v) is 15.8. The van der Waals surface area contributed by atoms with E-state index in [2.05, 4.69) is 14.7 Å². The van der Waals surface area contributed by atoms with Crippen LogP contribution in [-0.2, 0) is 10.0 Å². The first-order chi connectivity index (χ1) is 9.34. The van der Waals surface area contributed by atoms with Gasteiger partial charge in [-0.2, -0.15) is 0 Å². The van der Waals surface area contributed by atoms with E-state index in [4.69, 9.17) is 0 Å². The van der Waals surface area contributed by atoms with Crippen molar-refractivity contribution in [2.45, 2.75) is 4.90 Å². The van der Waals surface area contributed by atoms with E-state index < -0.39 is 10.0 Å². The van der Waals surface area contributed by atoms with E-state index >= 15 is 0 Å².